The molecule has 1 aliphatic heterocycles. The Kier molecular flexibility index (Phi) is 6.37. The summed E-state index contributed by atoms with van der Waals surface area (Å²) in [6.45, 7) is 0.568. The second-order valence-electron chi connectivity index (χ2n) is 4.18. The van der Waals surface area contributed by atoms with Crippen LogP contribution in [0, 0.1) is 5.92 Å². The summed E-state index contributed by atoms with van der Waals surface area (Å²) in [6, 6.07) is 0. The molecule has 0 aliphatic carbocycles. The van der Waals surface area contributed by atoms with Gasteiger partial charge in [-0.15, -0.1) is 0 Å². The van der Waals surface area contributed by atoms with Crippen LogP contribution in [0.2, 0.25) is 0 Å². The standard InChI is InChI=1S/C13H20O4/c1-16-12(14)9-5-3-2-4-7-11-8-6-10-17-13(11)15/h2,4,11H,3,5-10H2,1H3. The van der Waals surface area contributed by atoms with Crippen molar-refractivity contribution < 1.29 is 19.1 Å². The number of cyclic esters (lactones) is 1. The van der Waals surface area contributed by atoms with E-state index in [1.807, 2.05) is 12.2 Å². The third-order valence-electron chi connectivity index (χ3n) is 2.84. The molecule has 0 aromatic heterocycles. The van der Waals surface area contributed by atoms with Gasteiger partial charge in [0.15, 0.2) is 0 Å². The van der Waals surface area contributed by atoms with Gasteiger partial charge in [0.25, 0.3) is 0 Å². The maximum Gasteiger partial charge on any atom is 0.309 e. The topological polar surface area (TPSA) is 52.6 Å². The lowest BCUT2D eigenvalue weighted by Crippen LogP contribution is -2.23. The lowest BCUT2D eigenvalue weighted by atomic mass is 9.97. The molecule has 1 aliphatic rings. The zero-order chi connectivity index (χ0) is 12.5. The summed E-state index contributed by atoms with van der Waals surface area (Å²) in [4.78, 5) is 22.2. The summed E-state index contributed by atoms with van der Waals surface area (Å²) < 4.78 is 9.52. The Balaban J connectivity index is 2.08. The molecule has 0 radical (unpaired) electrons. The fourth-order valence-electron chi connectivity index (χ4n) is 1.80. The smallest absolute Gasteiger partial charge is 0.309 e. The molecule has 96 valence electrons. The number of ether oxygens (including phenoxy) is 2. The highest BCUT2D eigenvalue weighted by Gasteiger charge is 2.22. The van der Waals surface area contributed by atoms with E-state index in [-0.39, 0.29) is 17.9 Å². The largest absolute Gasteiger partial charge is 0.469 e. The Morgan fingerprint density at radius 3 is 3.06 bits per heavy atom. The van der Waals surface area contributed by atoms with Crippen LogP contribution in [0.25, 0.3) is 0 Å². The molecule has 1 atom stereocenters. The summed E-state index contributed by atoms with van der Waals surface area (Å²) in [5, 5.41) is 0. The maximum atomic E-state index is 11.3. The van der Waals surface area contributed by atoms with Crippen LogP contribution < -0.4 is 0 Å². The number of allylic oxidation sites excluding steroid dienone is 2. The number of methoxy groups -OCH3 is 1. The van der Waals surface area contributed by atoms with Gasteiger partial charge in [0.2, 0.25) is 0 Å². The zero-order valence-electron chi connectivity index (χ0n) is 10.3. The molecule has 17 heavy (non-hydrogen) atoms. The van der Waals surface area contributed by atoms with Gasteiger partial charge in [0.1, 0.15) is 0 Å². The number of unbranched alkanes of at least 4 members (excludes halogenated alkanes) is 1. The van der Waals surface area contributed by atoms with Crippen LogP contribution in [0.1, 0.15) is 38.5 Å². The van der Waals surface area contributed by atoms with Crippen molar-refractivity contribution in [3.8, 4) is 0 Å². The van der Waals surface area contributed by atoms with Gasteiger partial charge in [-0.25, -0.2) is 0 Å². The minimum absolute atomic E-state index is 0.0283. The second-order valence-corrected chi connectivity index (χ2v) is 4.18. The van der Waals surface area contributed by atoms with Crippen molar-refractivity contribution in [3.63, 3.8) is 0 Å². The van der Waals surface area contributed by atoms with Crippen LogP contribution in [0.5, 0.6) is 0 Å². The lowest BCUT2D eigenvalue weighted by Gasteiger charge is -2.19. The van der Waals surface area contributed by atoms with Gasteiger partial charge < -0.3 is 9.47 Å². The normalized spacial score (nSPS) is 20.3. The number of carbonyl (C=O) groups excluding carboxylic acids is 2. The van der Waals surface area contributed by atoms with E-state index < -0.39 is 0 Å². The highest BCUT2D eigenvalue weighted by atomic mass is 16.5. The summed E-state index contributed by atoms with van der Waals surface area (Å²) >= 11 is 0. The van der Waals surface area contributed by atoms with E-state index >= 15 is 0 Å². The lowest BCUT2D eigenvalue weighted by molar-refractivity contribution is -0.152. The second kappa shape index (κ2) is 7.87. The molecule has 4 heteroatoms. The Hall–Kier alpha value is -1.32. The molecule has 0 aromatic rings. The zero-order valence-corrected chi connectivity index (χ0v) is 10.3. The Morgan fingerprint density at radius 2 is 2.35 bits per heavy atom. The van der Waals surface area contributed by atoms with E-state index in [0.717, 1.165) is 32.1 Å². The first-order valence-corrected chi connectivity index (χ1v) is 6.12. The van der Waals surface area contributed by atoms with Crippen molar-refractivity contribution in [2.75, 3.05) is 13.7 Å². The molecular weight excluding hydrogens is 220 g/mol. The highest BCUT2D eigenvalue weighted by Crippen LogP contribution is 2.19. The molecule has 0 spiro atoms. The molecule has 0 aromatic carbocycles. The third kappa shape index (κ3) is 5.52. The fourth-order valence-corrected chi connectivity index (χ4v) is 1.80. The van der Waals surface area contributed by atoms with Crippen molar-refractivity contribution in [1.29, 1.82) is 0 Å². The number of rotatable bonds is 6. The fraction of sp³-hybridized carbons (Fsp3) is 0.692. The van der Waals surface area contributed by atoms with Crippen LogP contribution in [0.15, 0.2) is 12.2 Å². The Bertz CT molecular complexity index is 283. The van der Waals surface area contributed by atoms with E-state index in [9.17, 15) is 9.59 Å². The quantitative estimate of drug-likeness (QED) is 0.406. The number of esters is 2. The van der Waals surface area contributed by atoms with Gasteiger partial charge >= 0.3 is 11.9 Å². The molecule has 0 amide bonds. The average Bonchev–Trinajstić information content (AvgIpc) is 2.35. The molecule has 1 rings (SSSR count). The molecular formula is C13H20O4. The van der Waals surface area contributed by atoms with Crippen molar-refractivity contribution in [2.24, 2.45) is 5.92 Å². The summed E-state index contributed by atoms with van der Waals surface area (Å²) in [5.41, 5.74) is 0. The molecule has 0 bridgehead atoms. The van der Waals surface area contributed by atoms with Crippen molar-refractivity contribution >= 4 is 11.9 Å². The summed E-state index contributed by atoms with van der Waals surface area (Å²) in [7, 11) is 1.40. The van der Waals surface area contributed by atoms with Gasteiger partial charge in [0.05, 0.1) is 19.6 Å². The minimum Gasteiger partial charge on any atom is -0.469 e. The van der Waals surface area contributed by atoms with Crippen LogP contribution in [0.3, 0.4) is 0 Å². The first kappa shape index (κ1) is 13.7. The molecule has 1 fully saturated rings. The predicted octanol–water partition coefficient (Wildman–Crippen LogP) is 2.23. The van der Waals surface area contributed by atoms with Crippen LogP contribution in [-0.2, 0) is 19.1 Å². The van der Waals surface area contributed by atoms with Crippen LogP contribution in [-0.4, -0.2) is 25.7 Å². The van der Waals surface area contributed by atoms with Crippen LogP contribution in [0.4, 0.5) is 0 Å². The predicted molar refractivity (Wildman–Crippen MR) is 63.3 cm³/mol. The maximum absolute atomic E-state index is 11.3. The van der Waals surface area contributed by atoms with Gasteiger partial charge in [-0.05, 0) is 32.1 Å². The Labute approximate surface area is 102 Å². The molecule has 1 saturated heterocycles. The molecule has 0 saturated carbocycles. The molecule has 1 unspecified atom stereocenters. The van der Waals surface area contributed by atoms with E-state index in [2.05, 4.69) is 4.74 Å². The first-order chi connectivity index (χ1) is 8.24. The van der Waals surface area contributed by atoms with Crippen LogP contribution >= 0.6 is 0 Å². The van der Waals surface area contributed by atoms with E-state index in [0.29, 0.717) is 13.0 Å². The van der Waals surface area contributed by atoms with Gasteiger partial charge in [-0.1, -0.05) is 12.2 Å². The molecule has 4 nitrogen and oxygen atoms in total. The number of carbonyl (C=O) groups is 2. The van der Waals surface area contributed by atoms with Crippen molar-refractivity contribution in [3.05, 3.63) is 12.2 Å². The highest BCUT2D eigenvalue weighted by molar-refractivity contribution is 5.73. The van der Waals surface area contributed by atoms with E-state index in [1.165, 1.54) is 7.11 Å². The van der Waals surface area contributed by atoms with Gasteiger partial charge in [-0.2, -0.15) is 0 Å². The summed E-state index contributed by atoms with van der Waals surface area (Å²) in [5.74, 6) is -0.217. The van der Waals surface area contributed by atoms with Gasteiger partial charge in [0, 0.05) is 6.42 Å². The Morgan fingerprint density at radius 1 is 1.53 bits per heavy atom. The SMILES string of the molecule is COC(=O)CCCC=CCC1CCCOC1=O. The number of hydrogen-bond acceptors (Lipinski definition) is 4. The van der Waals surface area contributed by atoms with E-state index in [4.69, 9.17) is 4.74 Å². The first-order valence-electron chi connectivity index (χ1n) is 6.12. The summed E-state index contributed by atoms with van der Waals surface area (Å²) in [6.07, 6.45) is 8.75. The van der Waals surface area contributed by atoms with Crippen molar-refractivity contribution in [1.82, 2.24) is 0 Å². The average molecular weight is 240 g/mol. The van der Waals surface area contributed by atoms with E-state index in [1.54, 1.807) is 0 Å². The van der Waals surface area contributed by atoms with Crippen molar-refractivity contribution in [2.45, 2.75) is 38.5 Å². The molecule has 1 heterocycles. The minimum atomic E-state index is -0.172. The monoisotopic (exact) mass is 240 g/mol. The number of hydrogen-bond donors (Lipinski definition) is 0. The van der Waals surface area contributed by atoms with Gasteiger partial charge in [-0.3, -0.25) is 9.59 Å². The molecule has 0 N–H and O–H groups in total. The third-order valence-corrected chi connectivity index (χ3v) is 2.84.